The van der Waals surface area contributed by atoms with Crippen molar-refractivity contribution < 1.29 is 63.7 Å². The van der Waals surface area contributed by atoms with Crippen LogP contribution < -0.4 is 11.2 Å². The molecule has 0 fully saturated rings. The van der Waals surface area contributed by atoms with E-state index >= 15 is 0 Å². The highest BCUT2D eigenvalue weighted by molar-refractivity contribution is 6.38. The van der Waals surface area contributed by atoms with E-state index in [1.807, 2.05) is 0 Å². The van der Waals surface area contributed by atoms with Crippen LogP contribution in [0.2, 0.25) is 10.0 Å². The topological polar surface area (TPSA) is 149 Å². The van der Waals surface area contributed by atoms with Crippen molar-refractivity contribution >= 4 is 47.3 Å². The average molecular weight is 559 g/mol. The number of nitrogens with one attached hydrogen (secondary N) is 2. The fourth-order valence-electron chi connectivity index (χ4n) is 1.04. The van der Waals surface area contributed by atoms with Crippen molar-refractivity contribution in [2.24, 2.45) is 10.8 Å². The molecular weight excluding hydrogens is 549 g/mol. The zero-order chi connectivity index (χ0) is 27.7. The molecule has 0 bridgehead atoms. The molecular formula is C14H10Cl2F10N4O4. The highest BCUT2D eigenvalue weighted by atomic mass is 35.5. The van der Waals surface area contributed by atoms with Gasteiger partial charge in [0, 0.05) is 5.56 Å². The number of halogens is 12. The Morgan fingerprint density at radius 3 is 1.41 bits per heavy atom. The molecule has 6 N–H and O–H groups in total. The summed E-state index contributed by atoms with van der Waals surface area (Å²) in [5, 5.41) is 26.1. The van der Waals surface area contributed by atoms with Gasteiger partial charge in [0.15, 0.2) is 0 Å². The number of alkyl halides is 10. The summed E-state index contributed by atoms with van der Waals surface area (Å²) in [6.45, 7) is 0. The first kappa shape index (κ1) is 33.2. The minimum absolute atomic E-state index is 0.246. The Kier molecular flexibility index (Phi) is 12.1. The Labute approximate surface area is 191 Å². The standard InChI is InChI=1S/C8H8Cl2N4.2C3HF5O2/c9-6-2-1-3-7(10)5(6)4-13-14-8(11)12;2*4-2(5,1(9)10)3(6,7)8/h1-4H,(H4,11,12,14);2*(H,9,10)/b13-4+;;. The van der Waals surface area contributed by atoms with Crippen molar-refractivity contribution in [3.05, 3.63) is 33.8 Å². The van der Waals surface area contributed by atoms with Crippen LogP contribution in [-0.2, 0) is 9.59 Å². The van der Waals surface area contributed by atoms with E-state index in [1.54, 1.807) is 18.2 Å². The summed E-state index contributed by atoms with van der Waals surface area (Å²) in [5.41, 5.74) is 7.87. The molecule has 0 spiro atoms. The first-order valence-electron chi connectivity index (χ1n) is 7.43. The number of nitrogens with two attached hydrogens (primary N) is 1. The Balaban J connectivity index is 0. The number of nitrogens with zero attached hydrogens (tertiary/aromatic N) is 1. The molecule has 0 aliphatic carbocycles. The molecule has 0 aliphatic heterocycles. The fraction of sp³-hybridized carbons (Fsp3) is 0.286. The predicted octanol–water partition coefficient (Wildman–Crippen LogP) is 4.35. The van der Waals surface area contributed by atoms with E-state index < -0.39 is 36.1 Å². The van der Waals surface area contributed by atoms with Crippen LogP contribution in [0, 0.1) is 5.41 Å². The van der Waals surface area contributed by atoms with E-state index in [0.29, 0.717) is 15.6 Å². The molecule has 0 radical (unpaired) electrons. The third-order valence-corrected chi connectivity index (χ3v) is 3.29. The lowest BCUT2D eigenvalue weighted by molar-refractivity contribution is -0.278. The third-order valence-electron chi connectivity index (χ3n) is 2.63. The van der Waals surface area contributed by atoms with Gasteiger partial charge in [0.25, 0.3) is 0 Å². The van der Waals surface area contributed by atoms with Crippen molar-refractivity contribution in [3.8, 4) is 0 Å². The molecule has 0 heterocycles. The molecule has 20 heteroatoms. The number of hydrogen-bond donors (Lipinski definition) is 5. The second-order valence-electron chi connectivity index (χ2n) is 5.17. The number of guanidine groups is 1. The molecule has 0 atom stereocenters. The monoisotopic (exact) mass is 558 g/mol. The van der Waals surface area contributed by atoms with Crippen molar-refractivity contribution in [2.45, 2.75) is 24.2 Å². The van der Waals surface area contributed by atoms with Crippen LogP contribution in [0.3, 0.4) is 0 Å². The Hall–Kier alpha value is -3.02. The molecule has 34 heavy (non-hydrogen) atoms. The summed E-state index contributed by atoms with van der Waals surface area (Å²) in [4.78, 5) is 18.4. The quantitative estimate of drug-likeness (QED) is 0.160. The van der Waals surface area contributed by atoms with Gasteiger partial charge in [-0.3, -0.25) is 5.41 Å². The van der Waals surface area contributed by atoms with Crippen molar-refractivity contribution in [3.63, 3.8) is 0 Å². The van der Waals surface area contributed by atoms with E-state index in [9.17, 15) is 53.5 Å². The number of rotatable bonds is 4. The van der Waals surface area contributed by atoms with Crippen LogP contribution in [0.1, 0.15) is 5.56 Å². The SMILES string of the molecule is N=C(N)N/N=C/c1c(Cl)cccc1Cl.O=C(O)C(F)(F)C(F)(F)F.O=C(O)C(F)(F)C(F)(F)F. The van der Waals surface area contributed by atoms with Crippen LogP contribution in [0.4, 0.5) is 43.9 Å². The zero-order valence-electron chi connectivity index (χ0n) is 15.6. The molecule has 0 aromatic heterocycles. The van der Waals surface area contributed by atoms with Gasteiger partial charge in [0.1, 0.15) is 0 Å². The van der Waals surface area contributed by atoms with Gasteiger partial charge in [-0.05, 0) is 12.1 Å². The number of aliphatic carboxylic acids is 2. The maximum absolute atomic E-state index is 11.3. The number of carboxylic acid groups (broad SMARTS) is 2. The first-order valence-corrected chi connectivity index (χ1v) is 8.18. The van der Waals surface area contributed by atoms with Crippen LogP contribution in [-0.4, -0.2) is 58.5 Å². The number of hydrogen-bond acceptors (Lipinski definition) is 4. The molecule has 0 saturated carbocycles. The molecule has 0 saturated heterocycles. The van der Waals surface area contributed by atoms with Crippen molar-refractivity contribution in [1.82, 2.24) is 5.43 Å². The molecule has 1 aromatic rings. The fourth-order valence-corrected chi connectivity index (χ4v) is 1.54. The predicted molar refractivity (Wildman–Crippen MR) is 96.4 cm³/mol. The minimum Gasteiger partial charge on any atom is -0.477 e. The summed E-state index contributed by atoms with van der Waals surface area (Å²) in [6, 6.07) is 5.13. The van der Waals surface area contributed by atoms with E-state index in [0.717, 1.165) is 0 Å². The van der Waals surface area contributed by atoms with Crippen molar-refractivity contribution in [2.75, 3.05) is 0 Å². The maximum Gasteiger partial charge on any atom is 0.465 e. The molecule has 0 amide bonds. The first-order chi connectivity index (χ1) is 15.0. The van der Waals surface area contributed by atoms with E-state index in [2.05, 4.69) is 10.5 Å². The lowest BCUT2D eigenvalue weighted by Gasteiger charge is -2.13. The summed E-state index contributed by atoms with van der Waals surface area (Å²) in [6.07, 6.45) is -10.6. The van der Waals surface area contributed by atoms with Crippen LogP contribution in [0.25, 0.3) is 0 Å². The number of benzene rings is 1. The van der Waals surface area contributed by atoms with Gasteiger partial charge in [-0.25, -0.2) is 15.0 Å². The smallest absolute Gasteiger partial charge is 0.465 e. The molecule has 0 unspecified atom stereocenters. The van der Waals surface area contributed by atoms with E-state index in [4.69, 9.17) is 44.6 Å². The summed E-state index contributed by atoms with van der Waals surface area (Å²) in [5.74, 6) is -17.9. The molecule has 194 valence electrons. The van der Waals surface area contributed by atoms with Crippen molar-refractivity contribution in [1.29, 1.82) is 5.41 Å². The van der Waals surface area contributed by atoms with Gasteiger partial charge in [0.05, 0.1) is 16.3 Å². The Morgan fingerprint density at radius 2 is 1.21 bits per heavy atom. The van der Waals surface area contributed by atoms with Gasteiger partial charge in [-0.2, -0.15) is 49.0 Å². The lowest BCUT2D eigenvalue weighted by Crippen LogP contribution is -2.43. The van der Waals surface area contributed by atoms with Crippen LogP contribution in [0.15, 0.2) is 23.3 Å². The van der Waals surface area contributed by atoms with Gasteiger partial charge in [-0.15, -0.1) is 0 Å². The van der Waals surface area contributed by atoms with E-state index in [1.165, 1.54) is 6.21 Å². The van der Waals surface area contributed by atoms with Gasteiger partial charge < -0.3 is 15.9 Å². The Bertz CT molecular complexity index is 851. The minimum atomic E-state index is -6.02. The Morgan fingerprint density at radius 1 is 0.882 bits per heavy atom. The van der Waals surface area contributed by atoms with Crippen LogP contribution in [0.5, 0.6) is 0 Å². The second-order valence-corrected chi connectivity index (χ2v) is 5.99. The number of carboxylic acids is 2. The van der Waals surface area contributed by atoms with Crippen LogP contribution >= 0.6 is 23.2 Å². The average Bonchev–Trinajstić information content (AvgIpc) is 2.63. The normalized spacial score (nSPS) is 12.1. The summed E-state index contributed by atoms with van der Waals surface area (Å²) < 4.78 is 111. The lowest BCUT2D eigenvalue weighted by atomic mass is 10.2. The molecule has 1 rings (SSSR count). The maximum atomic E-state index is 11.3. The highest BCUT2D eigenvalue weighted by Gasteiger charge is 2.64. The second kappa shape index (κ2) is 12.4. The van der Waals surface area contributed by atoms with Gasteiger partial charge in [0.2, 0.25) is 5.96 Å². The summed E-state index contributed by atoms with van der Waals surface area (Å²) >= 11 is 11.7. The third kappa shape index (κ3) is 10.3. The molecule has 0 aliphatic rings. The highest BCUT2D eigenvalue weighted by Crippen LogP contribution is 2.36. The summed E-state index contributed by atoms with van der Waals surface area (Å²) in [7, 11) is 0. The van der Waals surface area contributed by atoms with Gasteiger partial charge in [-0.1, -0.05) is 29.3 Å². The molecule has 1 aromatic carbocycles. The van der Waals surface area contributed by atoms with Gasteiger partial charge >= 0.3 is 36.1 Å². The van der Waals surface area contributed by atoms with E-state index in [-0.39, 0.29) is 5.96 Å². The molecule has 8 nitrogen and oxygen atoms in total. The number of hydrazone groups is 1. The zero-order valence-corrected chi connectivity index (χ0v) is 17.1. The largest absolute Gasteiger partial charge is 0.477 e. The number of carbonyl (C=O) groups is 2.